The van der Waals surface area contributed by atoms with Gasteiger partial charge in [0.1, 0.15) is 5.71 Å². The average Bonchev–Trinajstić information content (AvgIpc) is 3.02. The molecule has 4 nitrogen and oxygen atoms in total. The fraction of sp³-hybridized carbons (Fsp3) is 0.118. The second-order valence-corrected chi connectivity index (χ2v) is 10.8. The topological polar surface area (TPSA) is 72.5 Å². The van der Waals surface area contributed by atoms with Gasteiger partial charge >= 0.3 is 6.18 Å². The highest BCUT2D eigenvalue weighted by Gasteiger charge is 2.45. The number of nitrogens with zero attached hydrogens (tertiary/aromatic N) is 1. The summed E-state index contributed by atoms with van der Waals surface area (Å²) < 4.78 is 66.5. The summed E-state index contributed by atoms with van der Waals surface area (Å²) in [5.74, 6) is 0. The van der Waals surface area contributed by atoms with Gasteiger partial charge in [0.2, 0.25) is 10.0 Å². The third kappa shape index (κ3) is 3.37. The van der Waals surface area contributed by atoms with E-state index >= 15 is 0 Å². The predicted molar refractivity (Wildman–Crippen MR) is 96.6 cm³/mol. The predicted octanol–water partition coefficient (Wildman–Crippen LogP) is 1.81. The van der Waals surface area contributed by atoms with Gasteiger partial charge in [-0.2, -0.15) is 13.2 Å². The molecule has 1 aliphatic rings. The first-order chi connectivity index (χ1) is 12.0. The molecule has 1 aliphatic heterocycles. The Morgan fingerprint density at radius 1 is 0.962 bits per heavy atom. The monoisotopic (exact) mass is 396 g/mol. The molecule has 2 N–H and O–H groups in total. The maximum Gasteiger partial charge on any atom is 0.431 e. The van der Waals surface area contributed by atoms with Crippen molar-refractivity contribution in [2.75, 3.05) is 0 Å². The maximum atomic E-state index is 13.2. The fourth-order valence-corrected chi connectivity index (χ4v) is 6.71. The lowest BCUT2D eigenvalue weighted by Gasteiger charge is -2.23. The van der Waals surface area contributed by atoms with Gasteiger partial charge in [-0.05, 0) is 35.5 Å². The Bertz CT molecular complexity index is 998. The van der Waals surface area contributed by atoms with Crippen LogP contribution in [0.15, 0.2) is 69.9 Å². The second-order valence-electron chi connectivity index (χ2n) is 6.03. The van der Waals surface area contributed by atoms with E-state index < -0.39 is 30.1 Å². The van der Waals surface area contributed by atoms with Gasteiger partial charge < -0.3 is 4.66 Å². The number of halogens is 3. The average molecular weight is 396 g/mol. The summed E-state index contributed by atoms with van der Waals surface area (Å²) in [5.41, 5.74) is 1.55. The Labute approximate surface area is 150 Å². The summed E-state index contributed by atoms with van der Waals surface area (Å²) in [6.07, 6.45) is -3.55. The van der Waals surface area contributed by atoms with Gasteiger partial charge in [0, 0.05) is 0 Å². The van der Waals surface area contributed by atoms with Crippen molar-refractivity contribution in [3.63, 3.8) is 0 Å². The molecule has 2 aromatic carbocycles. The van der Waals surface area contributed by atoms with Crippen LogP contribution in [0.4, 0.5) is 13.2 Å². The summed E-state index contributed by atoms with van der Waals surface area (Å²) >= 11 is 0. The molecule has 1 atom stereocenters. The number of nitrogens with two attached hydrogens (primary N) is 1. The molecule has 0 bridgehead atoms. The number of hydrogen-bond acceptors (Lipinski definition) is 3. The van der Waals surface area contributed by atoms with Crippen molar-refractivity contribution in [2.45, 2.75) is 18.0 Å². The lowest BCUT2D eigenvalue weighted by atomic mass is 10.2. The smallest absolute Gasteiger partial charge is 0.301 e. The van der Waals surface area contributed by atoms with Crippen LogP contribution >= 0.6 is 0 Å². The summed E-state index contributed by atoms with van der Waals surface area (Å²) in [4.78, 5) is -0.101. The van der Waals surface area contributed by atoms with E-state index in [1.54, 1.807) is 12.1 Å². The molecule has 0 spiro atoms. The largest absolute Gasteiger partial charge is 0.431 e. The second kappa shape index (κ2) is 6.18. The molecule has 26 heavy (non-hydrogen) atoms. The normalized spacial score (nSPS) is 20.3. The van der Waals surface area contributed by atoms with Crippen LogP contribution in [0.25, 0.3) is 0 Å². The summed E-state index contributed by atoms with van der Waals surface area (Å²) in [6, 6.07) is 12.7. The summed E-state index contributed by atoms with van der Waals surface area (Å²) in [7, 11) is -7.10. The van der Waals surface area contributed by atoms with Gasteiger partial charge in [-0.25, -0.2) is 13.6 Å². The Morgan fingerprint density at radius 3 is 1.88 bits per heavy atom. The van der Waals surface area contributed by atoms with E-state index in [1.165, 1.54) is 30.0 Å². The van der Waals surface area contributed by atoms with Gasteiger partial charge in [-0.15, -0.1) is 0 Å². The molecular formula is C17H15F3N2O2SSi. The van der Waals surface area contributed by atoms with Gasteiger partial charge in [0.15, 0.2) is 0 Å². The van der Waals surface area contributed by atoms with Crippen LogP contribution in [0.2, 0.25) is 0 Å². The summed E-state index contributed by atoms with van der Waals surface area (Å²) in [6.45, 7) is 1.88. The molecule has 1 heterocycles. The van der Waals surface area contributed by atoms with E-state index in [4.69, 9.17) is 5.14 Å². The van der Waals surface area contributed by atoms with Crippen LogP contribution < -0.4 is 15.5 Å². The number of allylic oxidation sites excluding steroid dienone is 1. The number of rotatable bonds is 3. The lowest BCUT2D eigenvalue weighted by Crippen LogP contribution is -2.55. The highest BCUT2D eigenvalue weighted by Crippen LogP contribution is 2.26. The molecule has 0 fully saturated rings. The molecule has 0 saturated carbocycles. The molecule has 0 amide bonds. The zero-order chi connectivity index (χ0) is 19.2. The minimum atomic E-state index is -4.55. The van der Waals surface area contributed by atoms with Crippen LogP contribution in [-0.4, -0.2) is 28.5 Å². The molecule has 2 aromatic rings. The van der Waals surface area contributed by atoms with Crippen LogP contribution in [0.3, 0.4) is 0 Å². The minimum Gasteiger partial charge on any atom is -0.301 e. The van der Waals surface area contributed by atoms with Gasteiger partial charge in [-0.3, -0.25) is 0 Å². The van der Waals surface area contributed by atoms with Crippen molar-refractivity contribution in [1.29, 1.82) is 0 Å². The standard InChI is InChI=1S/C17H15F3N2O2SSi/c1-12-2-6-14(7-3-12)26(11-10-16(22-26)17(18,19)20)15-8-4-13(5-9-15)25(21,23)24/h2-11H,1H3,(H2,21,23,24). The fourth-order valence-electron chi connectivity index (χ4n) is 2.82. The third-order valence-electron chi connectivity index (χ3n) is 4.18. The number of aryl methyl sites for hydroxylation is 1. The van der Waals surface area contributed by atoms with Crippen LogP contribution in [0.1, 0.15) is 5.56 Å². The quantitative estimate of drug-likeness (QED) is 0.804. The Balaban J connectivity index is 2.19. The molecule has 136 valence electrons. The maximum absolute atomic E-state index is 13.2. The van der Waals surface area contributed by atoms with E-state index in [-0.39, 0.29) is 4.90 Å². The molecule has 0 aromatic heterocycles. The highest BCUT2D eigenvalue weighted by atomic mass is 32.2. The lowest BCUT2D eigenvalue weighted by molar-refractivity contribution is -0.0574. The first-order valence-corrected chi connectivity index (χ1v) is 11.2. The molecular weight excluding hydrogens is 381 g/mol. The number of alkyl halides is 3. The molecule has 0 aliphatic carbocycles. The summed E-state index contributed by atoms with van der Waals surface area (Å²) in [5, 5.41) is 6.32. The van der Waals surface area contributed by atoms with Gasteiger partial charge in [-0.1, -0.05) is 47.7 Å². The molecule has 1 unspecified atom stereocenters. The molecule has 0 saturated heterocycles. The van der Waals surface area contributed by atoms with E-state index in [0.29, 0.717) is 10.4 Å². The molecule has 3 rings (SSSR count). The van der Waals surface area contributed by atoms with Crippen molar-refractivity contribution in [3.05, 3.63) is 65.9 Å². The number of sulfonamides is 1. The van der Waals surface area contributed by atoms with E-state index in [9.17, 15) is 21.6 Å². The first-order valence-electron chi connectivity index (χ1n) is 7.59. The van der Waals surface area contributed by atoms with Crippen molar-refractivity contribution < 1.29 is 21.6 Å². The minimum absolute atomic E-state index is 0.101. The zero-order valence-corrected chi connectivity index (χ0v) is 15.5. The Hall–Kier alpha value is -2.23. The SMILES string of the molecule is Cc1ccc([Si]2(c3ccc(S(N)(=O)=O)cc3)C=CC(C(F)(F)F)=N2)cc1. The van der Waals surface area contributed by atoms with Gasteiger partial charge in [0.25, 0.3) is 8.24 Å². The van der Waals surface area contributed by atoms with Crippen molar-refractivity contribution in [3.8, 4) is 0 Å². The van der Waals surface area contributed by atoms with Crippen LogP contribution in [0, 0.1) is 6.92 Å². The van der Waals surface area contributed by atoms with Crippen molar-refractivity contribution >= 4 is 34.3 Å². The number of primary sulfonamides is 1. The van der Waals surface area contributed by atoms with Crippen LogP contribution in [0.5, 0.6) is 0 Å². The Kier molecular flexibility index (Phi) is 4.41. The number of benzene rings is 2. The zero-order valence-electron chi connectivity index (χ0n) is 13.7. The van der Waals surface area contributed by atoms with Gasteiger partial charge in [0.05, 0.1) is 4.90 Å². The number of hydrogen-bond donors (Lipinski definition) is 1. The van der Waals surface area contributed by atoms with Crippen molar-refractivity contribution in [1.82, 2.24) is 0 Å². The van der Waals surface area contributed by atoms with E-state index in [1.807, 2.05) is 19.1 Å². The Morgan fingerprint density at radius 2 is 1.46 bits per heavy atom. The third-order valence-corrected chi connectivity index (χ3v) is 8.78. The van der Waals surface area contributed by atoms with E-state index in [0.717, 1.165) is 11.6 Å². The highest BCUT2D eigenvalue weighted by molar-refractivity contribution is 7.89. The molecule has 0 radical (unpaired) electrons. The first kappa shape index (κ1) is 18.6. The molecule has 9 heteroatoms. The van der Waals surface area contributed by atoms with E-state index in [2.05, 4.69) is 4.66 Å². The van der Waals surface area contributed by atoms with Crippen LogP contribution in [-0.2, 0) is 10.0 Å². The van der Waals surface area contributed by atoms with Crippen molar-refractivity contribution in [2.24, 2.45) is 9.80 Å².